The van der Waals surface area contributed by atoms with Gasteiger partial charge in [-0.3, -0.25) is 0 Å². The summed E-state index contributed by atoms with van der Waals surface area (Å²) in [6, 6.07) is 7.73. The van der Waals surface area contributed by atoms with E-state index in [9.17, 15) is 9.59 Å². The molecule has 1 amide bonds. The van der Waals surface area contributed by atoms with E-state index in [-0.39, 0.29) is 6.42 Å². The Bertz CT molecular complexity index is 704. The van der Waals surface area contributed by atoms with Crippen molar-refractivity contribution in [3.63, 3.8) is 0 Å². The number of amides is 1. The van der Waals surface area contributed by atoms with Gasteiger partial charge in [0.25, 0.3) is 0 Å². The van der Waals surface area contributed by atoms with Crippen LogP contribution in [-0.4, -0.2) is 24.5 Å². The number of carbonyl (C=O) groups is 2. The van der Waals surface area contributed by atoms with E-state index in [0.717, 1.165) is 36.8 Å². The van der Waals surface area contributed by atoms with Gasteiger partial charge in [-0.1, -0.05) is 101 Å². The highest BCUT2D eigenvalue weighted by molar-refractivity contribution is 5.80. The second-order valence-corrected chi connectivity index (χ2v) is 8.78. The summed E-state index contributed by atoms with van der Waals surface area (Å²) in [7, 11) is 0. The molecule has 0 heterocycles. The molecular weight excluding hydrogens is 430 g/mol. The van der Waals surface area contributed by atoms with Crippen LogP contribution in [0.4, 0.5) is 4.79 Å². The average Bonchev–Trinajstić information content (AvgIpc) is 2.84. The molecule has 0 aliphatic rings. The number of benzene rings is 1. The molecule has 34 heavy (non-hydrogen) atoms. The number of hydrogen-bond donors (Lipinski definition) is 2. The highest BCUT2D eigenvalue weighted by Gasteiger charge is 2.06. The lowest BCUT2D eigenvalue weighted by Crippen LogP contribution is -2.24. The first kappa shape index (κ1) is 29.5. The zero-order chi connectivity index (χ0) is 24.9. The lowest BCUT2D eigenvalue weighted by Gasteiger charge is -2.07. The van der Waals surface area contributed by atoms with Crippen molar-refractivity contribution in [2.24, 2.45) is 10.9 Å². The summed E-state index contributed by atoms with van der Waals surface area (Å²) < 4.78 is 5.06. The predicted octanol–water partition coefficient (Wildman–Crippen LogP) is 6.38. The van der Waals surface area contributed by atoms with Gasteiger partial charge in [0.05, 0.1) is 13.0 Å². The lowest BCUT2D eigenvalue weighted by atomic mass is 10.1. The third-order valence-corrected chi connectivity index (χ3v) is 5.61. The van der Waals surface area contributed by atoms with Crippen LogP contribution in [0, 0.1) is 0 Å². The van der Waals surface area contributed by atoms with E-state index in [1.54, 1.807) is 0 Å². The van der Waals surface area contributed by atoms with Crippen LogP contribution < -0.4 is 11.1 Å². The summed E-state index contributed by atoms with van der Waals surface area (Å²) in [5.74, 6) is -0.0167. The Kier molecular flexibility index (Phi) is 17.2. The van der Waals surface area contributed by atoms with E-state index in [1.807, 2.05) is 31.2 Å². The van der Waals surface area contributed by atoms with Crippen molar-refractivity contribution in [1.82, 2.24) is 5.32 Å². The first-order valence-electron chi connectivity index (χ1n) is 13.1. The molecule has 0 spiro atoms. The second kappa shape index (κ2) is 19.9. The largest absolute Gasteiger partial charge is 0.450 e. The normalized spacial score (nSPS) is 11.3. The van der Waals surface area contributed by atoms with Gasteiger partial charge in [0.1, 0.15) is 5.84 Å². The van der Waals surface area contributed by atoms with Gasteiger partial charge in [0.15, 0.2) is 0 Å². The number of nitrogens with one attached hydrogen (secondary N) is 1. The minimum absolute atomic E-state index is 0.232. The summed E-state index contributed by atoms with van der Waals surface area (Å²) in [5, 5.41) is 6.50. The maximum atomic E-state index is 12.0. The third-order valence-electron chi connectivity index (χ3n) is 5.61. The smallest absolute Gasteiger partial charge is 0.407 e. The zero-order valence-electron chi connectivity index (χ0n) is 21.3. The molecule has 0 radical (unpaired) electrons. The summed E-state index contributed by atoms with van der Waals surface area (Å²) in [4.78, 5) is 28.5. The van der Waals surface area contributed by atoms with Crippen LogP contribution in [0.25, 0.3) is 0 Å². The molecule has 0 bridgehead atoms. The molecule has 3 N–H and O–H groups in total. The Hall–Kier alpha value is -2.57. The molecule has 1 aromatic carbocycles. The summed E-state index contributed by atoms with van der Waals surface area (Å²) in [6.45, 7) is 5.12. The molecule has 0 aliphatic heterocycles. The number of hydrogen-bond acceptors (Lipinski definition) is 5. The molecule has 0 fully saturated rings. The van der Waals surface area contributed by atoms with Crippen molar-refractivity contribution >= 4 is 17.9 Å². The van der Waals surface area contributed by atoms with Crippen LogP contribution in [0.3, 0.4) is 0 Å². The highest BCUT2D eigenvalue weighted by atomic mass is 16.7. The van der Waals surface area contributed by atoms with Crippen LogP contribution in [0.2, 0.25) is 0 Å². The monoisotopic (exact) mass is 475 g/mol. The number of amidine groups is 1. The van der Waals surface area contributed by atoms with Gasteiger partial charge in [-0.25, -0.2) is 9.59 Å². The number of unbranched alkanes of at least 4 members (excludes halogenated alkanes) is 9. The minimum Gasteiger partial charge on any atom is -0.450 e. The van der Waals surface area contributed by atoms with Crippen molar-refractivity contribution in [2.75, 3.05) is 6.61 Å². The van der Waals surface area contributed by atoms with Gasteiger partial charge in [-0.15, -0.1) is 0 Å². The predicted molar refractivity (Wildman–Crippen MR) is 137 cm³/mol. The topological polar surface area (TPSA) is 103 Å². The highest BCUT2D eigenvalue weighted by Crippen LogP contribution is 2.11. The van der Waals surface area contributed by atoms with Crippen LogP contribution in [-0.2, 0) is 27.3 Å². The number of rotatable bonds is 19. The first-order valence-corrected chi connectivity index (χ1v) is 13.1. The van der Waals surface area contributed by atoms with Crippen LogP contribution in [0.15, 0.2) is 29.4 Å². The molecule has 7 nitrogen and oxygen atoms in total. The fourth-order valence-electron chi connectivity index (χ4n) is 3.42. The number of nitrogens with zero attached hydrogens (tertiary/aromatic N) is 1. The Morgan fingerprint density at radius 3 is 2.06 bits per heavy atom. The van der Waals surface area contributed by atoms with Crippen LogP contribution in [0.5, 0.6) is 0 Å². The van der Waals surface area contributed by atoms with Crippen molar-refractivity contribution in [3.8, 4) is 0 Å². The van der Waals surface area contributed by atoms with E-state index in [4.69, 9.17) is 15.3 Å². The van der Waals surface area contributed by atoms with Crippen LogP contribution in [0.1, 0.15) is 108 Å². The molecule has 0 atom stereocenters. The fraction of sp³-hybridized carbons (Fsp3) is 0.667. The maximum absolute atomic E-state index is 12.0. The Labute approximate surface area is 205 Å². The number of oxime groups is 1. The SMILES string of the molecule is CCCCCCCCCCCC(N)=NOC(=O)CCc1ccc(CNC(=O)OCCCC)cc1. The standard InChI is InChI=1S/C27H45N3O4/c1-3-5-7-8-9-10-11-12-13-14-25(28)30-34-26(31)20-19-23-15-17-24(18-16-23)22-29-27(32)33-21-6-4-2/h15-18H,3-14,19-22H2,1-2H3,(H2,28,30)(H,29,32). The first-order chi connectivity index (χ1) is 16.5. The molecule has 192 valence electrons. The molecule has 0 saturated heterocycles. The van der Waals surface area contributed by atoms with Gasteiger partial charge < -0.3 is 20.6 Å². The summed E-state index contributed by atoms with van der Waals surface area (Å²) in [5.41, 5.74) is 7.84. The van der Waals surface area contributed by atoms with E-state index >= 15 is 0 Å². The van der Waals surface area contributed by atoms with Gasteiger partial charge in [0, 0.05) is 13.0 Å². The lowest BCUT2D eigenvalue weighted by molar-refractivity contribution is -0.143. The molecular formula is C27H45N3O4. The van der Waals surface area contributed by atoms with E-state index < -0.39 is 12.1 Å². The van der Waals surface area contributed by atoms with Gasteiger partial charge in [-0.2, -0.15) is 0 Å². The van der Waals surface area contributed by atoms with Crippen molar-refractivity contribution in [3.05, 3.63) is 35.4 Å². The number of alkyl carbamates (subject to hydrolysis) is 1. The maximum Gasteiger partial charge on any atom is 0.407 e. The molecule has 0 aromatic heterocycles. The Morgan fingerprint density at radius 2 is 1.41 bits per heavy atom. The average molecular weight is 476 g/mol. The molecule has 1 rings (SSSR count). The zero-order valence-corrected chi connectivity index (χ0v) is 21.3. The number of aryl methyl sites for hydroxylation is 1. The Balaban J connectivity index is 2.14. The summed E-state index contributed by atoms with van der Waals surface area (Å²) in [6.07, 6.45) is 14.1. The second-order valence-electron chi connectivity index (χ2n) is 8.78. The third kappa shape index (κ3) is 16.1. The van der Waals surface area contributed by atoms with Gasteiger partial charge in [-0.05, 0) is 30.4 Å². The number of carbonyl (C=O) groups excluding carboxylic acids is 2. The fourth-order valence-corrected chi connectivity index (χ4v) is 3.42. The molecule has 0 unspecified atom stereocenters. The van der Waals surface area contributed by atoms with Crippen molar-refractivity contribution in [2.45, 2.75) is 110 Å². The minimum atomic E-state index is -0.405. The molecule has 0 aliphatic carbocycles. The summed E-state index contributed by atoms with van der Waals surface area (Å²) >= 11 is 0. The molecule has 0 saturated carbocycles. The van der Waals surface area contributed by atoms with Gasteiger partial charge >= 0.3 is 12.1 Å². The quantitative estimate of drug-likeness (QED) is 0.0794. The van der Waals surface area contributed by atoms with E-state index in [2.05, 4.69) is 17.4 Å². The molecule has 7 heteroatoms. The van der Waals surface area contributed by atoms with E-state index in [0.29, 0.717) is 31.8 Å². The van der Waals surface area contributed by atoms with Crippen molar-refractivity contribution in [1.29, 1.82) is 0 Å². The number of ether oxygens (including phenoxy) is 1. The van der Waals surface area contributed by atoms with Gasteiger partial charge in [0.2, 0.25) is 0 Å². The molecule has 1 aromatic rings. The van der Waals surface area contributed by atoms with E-state index in [1.165, 1.54) is 44.9 Å². The Morgan fingerprint density at radius 1 is 0.824 bits per heavy atom. The number of nitrogens with two attached hydrogens (primary N) is 1. The van der Waals surface area contributed by atoms with Crippen molar-refractivity contribution < 1.29 is 19.2 Å². The van der Waals surface area contributed by atoms with Crippen LogP contribution >= 0.6 is 0 Å².